The Balaban J connectivity index is 2.83. The van der Waals surface area contributed by atoms with Crippen LogP contribution in [0.25, 0.3) is 0 Å². The van der Waals surface area contributed by atoms with E-state index in [9.17, 15) is 13.2 Å². The monoisotopic (exact) mass is 275 g/mol. The third-order valence-electron chi connectivity index (χ3n) is 1.87. The zero-order chi connectivity index (χ0) is 13.8. The number of carboxylic acid groups (broad SMARTS) is 1. The second-order valence-corrected chi connectivity index (χ2v) is 5.28. The lowest BCUT2D eigenvalue weighted by atomic mass is 10.4. The molecular weight excluding hydrogens is 262 g/mol. The number of aliphatic carboxylic acids is 1. The highest BCUT2D eigenvalue weighted by molar-refractivity contribution is 7.92. The number of carbonyl (C=O) groups is 1. The number of nitrogens with zero attached hydrogens (tertiary/aromatic N) is 2. The average Bonchev–Trinajstić information content (AvgIpc) is 2.25. The van der Waals surface area contributed by atoms with E-state index in [-0.39, 0.29) is 11.8 Å². The van der Waals surface area contributed by atoms with Gasteiger partial charge in [0, 0.05) is 11.8 Å². The van der Waals surface area contributed by atoms with Crippen molar-refractivity contribution in [1.82, 2.24) is 9.97 Å². The Hall–Kier alpha value is -1.90. The molecule has 9 heteroatoms. The van der Waals surface area contributed by atoms with Gasteiger partial charge in [-0.2, -0.15) is 4.98 Å². The number of anilines is 1. The van der Waals surface area contributed by atoms with Gasteiger partial charge in [-0.25, -0.2) is 13.4 Å². The Labute approximate surface area is 104 Å². The van der Waals surface area contributed by atoms with E-state index in [0.29, 0.717) is 5.69 Å². The van der Waals surface area contributed by atoms with Crippen LogP contribution in [0, 0.1) is 6.92 Å². The van der Waals surface area contributed by atoms with Crippen LogP contribution in [0.5, 0.6) is 5.88 Å². The molecule has 1 aromatic rings. The molecule has 1 rings (SSSR count). The number of hydrogen-bond donors (Lipinski definition) is 2. The molecule has 0 aliphatic rings. The van der Waals surface area contributed by atoms with Crippen LogP contribution in [0.15, 0.2) is 6.07 Å². The van der Waals surface area contributed by atoms with Gasteiger partial charge in [0.15, 0.2) is 0 Å². The summed E-state index contributed by atoms with van der Waals surface area (Å²) >= 11 is 0. The lowest BCUT2D eigenvalue weighted by Crippen LogP contribution is -2.20. The Kier molecular flexibility index (Phi) is 4.43. The molecule has 0 saturated heterocycles. The molecule has 2 N–H and O–H groups in total. The molecule has 0 saturated carbocycles. The molecule has 0 aromatic carbocycles. The maximum absolute atomic E-state index is 11.5. The van der Waals surface area contributed by atoms with Crippen molar-refractivity contribution in [1.29, 1.82) is 0 Å². The third-order valence-corrected chi connectivity index (χ3v) is 3.11. The van der Waals surface area contributed by atoms with Crippen molar-refractivity contribution < 1.29 is 23.1 Å². The Morgan fingerprint density at radius 2 is 2.17 bits per heavy atom. The summed E-state index contributed by atoms with van der Waals surface area (Å²) < 4.78 is 30.0. The van der Waals surface area contributed by atoms with Gasteiger partial charge in [-0.05, 0) is 6.92 Å². The topological polar surface area (TPSA) is 118 Å². The number of rotatable bonds is 6. The Bertz CT molecular complexity index is 543. The van der Waals surface area contributed by atoms with E-state index in [1.54, 1.807) is 6.92 Å². The van der Waals surface area contributed by atoms with Crippen molar-refractivity contribution in [3.8, 4) is 5.88 Å². The smallest absolute Gasteiger partial charge is 0.304 e. The van der Waals surface area contributed by atoms with Crippen molar-refractivity contribution >= 4 is 21.9 Å². The van der Waals surface area contributed by atoms with Crippen LogP contribution < -0.4 is 9.46 Å². The van der Waals surface area contributed by atoms with E-state index >= 15 is 0 Å². The fourth-order valence-electron chi connectivity index (χ4n) is 1.10. The molecule has 0 radical (unpaired) electrons. The molecule has 100 valence electrons. The summed E-state index contributed by atoms with van der Waals surface area (Å²) in [6.07, 6.45) is -0.488. The lowest BCUT2D eigenvalue weighted by molar-refractivity contribution is -0.136. The molecule has 18 heavy (non-hydrogen) atoms. The molecule has 0 bridgehead atoms. The highest BCUT2D eigenvalue weighted by Crippen LogP contribution is 2.12. The number of methoxy groups -OCH3 is 1. The number of ether oxygens (including phenoxy) is 1. The van der Waals surface area contributed by atoms with Gasteiger partial charge in [-0.3, -0.25) is 9.52 Å². The number of carboxylic acids is 1. The number of aryl methyl sites for hydroxylation is 1. The fourth-order valence-corrected chi connectivity index (χ4v) is 2.02. The van der Waals surface area contributed by atoms with Crippen molar-refractivity contribution in [2.45, 2.75) is 13.3 Å². The van der Waals surface area contributed by atoms with Crippen molar-refractivity contribution in [3.05, 3.63) is 11.8 Å². The van der Waals surface area contributed by atoms with Gasteiger partial charge in [0.2, 0.25) is 21.9 Å². The Morgan fingerprint density at radius 3 is 2.72 bits per heavy atom. The first-order valence-electron chi connectivity index (χ1n) is 4.94. The van der Waals surface area contributed by atoms with Crippen molar-refractivity contribution in [3.63, 3.8) is 0 Å². The minimum Gasteiger partial charge on any atom is -0.481 e. The van der Waals surface area contributed by atoms with Gasteiger partial charge >= 0.3 is 5.97 Å². The standard InChI is InChI=1S/C9H13N3O5S/c1-6-5-7(17-2)11-9(10-6)12-18(15,16)4-3-8(13)14/h5H,3-4H2,1-2H3,(H,13,14)(H,10,11,12). The highest BCUT2D eigenvalue weighted by atomic mass is 32.2. The molecule has 0 aliphatic heterocycles. The zero-order valence-electron chi connectivity index (χ0n) is 9.87. The Morgan fingerprint density at radius 1 is 1.50 bits per heavy atom. The van der Waals surface area contributed by atoms with E-state index in [0.717, 1.165) is 0 Å². The van der Waals surface area contributed by atoms with Gasteiger partial charge in [-0.1, -0.05) is 0 Å². The fraction of sp³-hybridized carbons (Fsp3) is 0.444. The lowest BCUT2D eigenvalue weighted by Gasteiger charge is -2.07. The summed E-state index contributed by atoms with van der Waals surface area (Å²) in [6.45, 7) is 1.65. The normalized spacial score (nSPS) is 11.0. The quantitative estimate of drug-likeness (QED) is 0.750. The summed E-state index contributed by atoms with van der Waals surface area (Å²) in [5.41, 5.74) is 0.526. The van der Waals surface area contributed by atoms with E-state index in [2.05, 4.69) is 14.7 Å². The number of aromatic nitrogens is 2. The maximum Gasteiger partial charge on any atom is 0.304 e. The predicted molar refractivity (Wildman–Crippen MR) is 63.0 cm³/mol. The highest BCUT2D eigenvalue weighted by Gasteiger charge is 2.15. The molecule has 0 atom stereocenters. The average molecular weight is 275 g/mol. The van der Waals surface area contributed by atoms with Crippen LogP contribution in [0.1, 0.15) is 12.1 Å². The first-order valence-corrected chi connectivity index (χ1v) is 6.59. The van der Waals surface area contributed by atoms with Gasteiger partial charge in [0.1, 0.15) is 0 Å². The second kappa shape index (κ2) is 5.63. The predicted octanol–water partition coefficient (Wildman–Crippen LogP) is 0.0100. The van der Waals surface area contributed by atoms with Gasteiger partial charge in [0.05, 0.1) is 19.3 Å². The van der Waals surface area contributed by atoms with Crippen LogP contribution in [-0.2, 0) is 14.8 Å². The van der Waals surface area contributed by atoms with Crippen molar-refractivity contribution in [2.24, 2.45) is 0 Å². The second-order valence-electron chi connectivity index (χ2n) is 3.44. The maximum atomic E-state index is 11.5. The van der Waals surface area contributed by atoms with E-state index < -0.39 is 28.2 Å². The molecule has 1 aromatic heterocycles. The summed E-state index contributed by atoms with van der Waals surface area (Å²) in [6, 6.07) is 1.54. The molecule has 0 amide bonds. The first-order chi connectivity index (χ1) is 8.32. The summed E-state index contributed by atoms with van der Waals surface area (Å²) in [4.78, 5) is 18.0. The van der Waals surface area contributed by atoms with Crippen molar-refractivity contribution in [2.75, 3.05) is 17.6 Å². The largest absolute Gasteiger partial charge is 0.481 e. The summed E-state index contributed by atoms with van der Waals surface area (Å²) in [7, 11) is -2.39. The summed E-state index contributed by atoms with van der Waals surface area (Å²) in [5.74, 6) is -1.65. The minimum absolute atomic E-state index is 0.141. The number of hydrogen-bond acceptors (Lipinski definition) is 6. The molecule has 0 unspecified atom stereocenters. The van der Waals surface area contributed by atoms with Gasteiger partial charge < -0.3 is 9.84 Å². The molecule has 0 spiro atoms. The van der Waals surface area contributed by atoms with Crippen LogP contribution in [0.4, 0.5) is 5.95 Å². The molecule has 0 aliphatic carbocycles. The first kappa shape index (κ1) is 14.2. The van der Waals surface area contributed by atoms with E-state index in [1.165, 1.54) is 13.2 Å². The molecular formula is C9H13N3O5S. The zero-order valence-corrected chi connectivity index (χ0v) is 10.7. The van der Waals surface area contributed by atoms with Crippen LogP contribution in [0.2, 0.25) is 0 Å². The minimum atomic E-state index is -3.78. The van der Waals surface area contributed by atoms with Crippen LogP contribution >= 0.6 is 0 Å². The van der Waals surface area contributed by atoms with Crippen LogP contribution in [-0.4, -0.2) is 42.3 Å². The van der Waals surface area contributed by atoms with E-state index in [1.807, 2.05) is 0 Å². The van der Waals surface area contributed by atoms with Gasteiger partial charge in [-0.15, -0.1) is 0 Å². The third kappa shape index (κ3) is 4.53. The molecule has 1 heterocycles. The van der Waals surface area contributed by atoms with E-state index in [4.69, 9.17) is 9.84 Å². The summed E-state index contributed by atoms with van der Waals surface area (Å²) in [5, 5.41) is 8.43. The molecule has 0 fully saturated rings. The number of sulfonamides is 1. The van der Waals surface area contributed by atoms with Crippen LogP contribution in [0.3, 0.4) is 0 Å². The van der Waals surface area contributed by atoms with Gasteiger partial charge in [0.25, 0.3) is 0 Å². The SMILES string of the molecule is COc1cc(C)nc(NS(=O)(=O)CCC(=O)O)n1. The molecule has 8 nitrogen and oxygen atoms in total. The number of nitrogens with one attached hydrogen (secondary N) is 1.